The lowest BCUT2D eigenvalue weighted by atomic mass is 9.33. The third kappa shape index (κ3) is 12.1. The molecule has 0 bridgehead atoms. The van der Waals surface area contributed by atoms with Crippen molar-refractivity contribution in [3.05, 3.63) is 11.6 Å². The topological polar surface area (TPSA) is 445 Å². The predicted molar refractivity (Wildman–Crippen MR) is 308 cm³/mol. The lowest BCUT2D eigenvalue weighted by Crippen LogP contribution is -2.70. The van der Waals surface area contributed by atoms with Gasteiger partial charge in [0.2, 0.25) is 6.29 Å². The number of allylic oxidation sites excluding steroid dienone is 2. The molecule has 4 saturated carbocycles. The van der Waals surface area contributed by atoms with Crippen molar-refractivity contribution >= 4 is 17.9 Å². The summed E-state index contributed by atoms with van der Waals surface area (Å²) in [6, 6.07) is 0. The molecule has 35 atom stereocenters. The van der Waals surface area contributed by atoms with Crippen LogP contribution in [0.4, 0.5) is 0 Å². The maximum atomic E-state index is 15.8. The molecule has 0 radical (unpaired) electrons. The van der Waals surface area contributed by atoms with Crippen LogP contribution in [0.3, 0.4) is 0 Å². The van der Waals surface area contributed by atoms with E-state index in [4.69, 9.17) is 56.8 Å². The maximum absolute atomic E-state index is 15.8. The number of aliphatic hydroxyl groups excluding tert-OH is 14. The zero-order chi connectivity index (χ0) is 67.6. The van der Waals surface area contributed by atoms with E-state index in [-0.39, 0.29) is 36.5 Å². The Labute approximate surface area is 534 Å². The highest BCUT2D eigenvalue weighted by Crippen LogP contribution is 2.76. The molecule has 0 aromatic carbocycles. The third-order valence-corrected chi connectivity index (χ3v) is 23.7. The minimum absolute atomic E-state index is 0.0880. The lowest BCUT2D eigenvalue weighted by Gasteiger charge is -2.72. The number of carbonyl (C=O) groups is 3. The zero-order valence-corrected chi connectivity index (χ0v) is 54.1. The molecule has 0 aromatic rings. The molecule has 29 nitrogen and oxygen atoms in total. The Morgan fingerprint density at radius 3 is 1.74 bits per heavy atom. The van der Waals surface area contributed by atoms with Crippen molar-refractivity contribution in [2.75, 3.05) is 19.8 Å². The first-order valence-electron chi connectivity index (χ1n) is 32.4. The van der Waals surface area contributed by atoms with Gasteiger partial charge in [0.05, 0.1) is 56.4 Å². The monoisotopic (exact) mass is 1320 g/mol. The van der Waals surface area contributed by atoms with Crippen LogP contribution < -0.4 is 0 Å². The second-order valence-electron chi connectivity index (χ2n) is 29.9. The van der Waals surface area contributed by atoms with E-state index in [0.717, 1.165) is 19.4 Å². The van der Waals surface area contributed by atoms with Crippen LogP contribution in [0.5, 0.6) is 0 Å². The molecule has 0 aromatic heterocycles. The van der Waals surface area contributed by atoms with Gasteiger partial charge in [0.1, 0.15) is 84.8 Å². The molecule has 0 amide bonds. The summed E-state index contributed by atoms with van der Waals surface area (Å²) in [6.07, 6.45) is -37.6. The molecule has 92 heavy (non-hydrogen) atoms. The van der Waals surface area contributed by atoms with Crippen LogP contribution in [0.15, 0.2) is 11.6 Å². The minimum Gasteiger partial charge on any atom is -0.457 e. The van der Waals surface area contributed by atoms with Gasteiger partial charge in [-0.1, -0.05) is 53.2 Å². The van der Waals surface area contributed by atoms with E-state index in [0.29, 0.717) is 32.1 Å². The molecule has 5 aliphatic carbocycles. The van der Waals surface area contributed by atoms with E-state index >= 15 is 4.79 Å². The van der Waals surface area contributed by atoms with Gasteiger partial charge in [-0.25, -0.2) is 0 Å². The summed E-state index contributed by atoms with van der Waals surface area (Å²) in [5.41, 5.74) is -4.25. The largest absolute Gasteiger partial charge is 0.457 e. The maximum Gasteiger partial charge on any atom is 0.317 e. The smallest absolute Gasteiger partial charge is 0.317 e. The van der Waals surface area contributed by atoms with Gasteiger partial charge >= 0.3 is 17.9 Å². The predicted octanol–water partition coefficient (Wildman–Crippen LogP) is -2.43. The molecule has 5 aliphatic heterocycles. The molecule has 526 valence electrons. The van der Waals surface area contributed by atoms with E-state index in [1.54, 1.807) is 0 Å². The van der Waals surface area contributed by atoms with Crippen LogP contribution in [0.1, 0.15) is 128 Å². The number of esters is 3. The molecule has 5 saturated heterocycles. The first-order chi connectivity index (χ1) is 42.9. The van der Waals surface area contributed by atoms with E-state index in [1.807, 2.05) is 6.92 Å². The minimum atomic E-state index is -2.02. The Morgan fingerprint density at radius 1 is 0.533 bits per heavy atom. The molecular weight excluding hydrogens is 1220 g/mol. The fraction of sp³-hybridized carbons (Fsp3) is 0.921. The second-order valence-corrected chi connectivity index (χ2v) is 29.9. The van der Waals surface area contributed by atoms with E-state index < -0.39 is 236 Å². The molecule has 10 aliphatic rings. The quantitative estimate of drug-likeness (QED) is 0.0372. The highest BCUT2D eigenvalue weighted by molar-refractivity contribution is 5.80. The summed E-state index contributed by atoms with van der Waals surface area (Å²) in [7, 11) is 0. The van der Waals surface area contributed by atoms with Crippen molar-refractivity contribution in [1.29, 1.82) is 0 Å². The number of fused-ring (bicyclic) bond motifs is 7. The summed E-state index contributed by atoms with van der Waals surface area (Å²) in [5, 5.41) is 157. The number of carbonyl (C=O) groups excluding carboxylic acids is 3. The van der Waals surface area contributed by atoms with Gasteiger partial charge in [-0.2, -0.15) is 0 Å². The van der Waals surface area contributed by atoms with Crippen LogP contribution >= 0.6 is 0 Å². The molecular formula is C63H100O29. The van der Waals surface area contributed by atoms with E-state index in [9.17, 15) is 81.1 Å². The Morgan fingerprint density at radius 2 is 1.10 bits per heavy atom. The summed E-state index contributed by atoms with van der Waals surface area (Å²) in [6.45, 7) is 17.2. The molecule has 10 rings (SSSR count). The Hall–Kier alpha value is -2.77. The number of aliphatic hydroxyl groups is 14. The standard InChI is InChI=1S/C63H100O29/c1-24-37(71)39(73)41(75)53(82-24)89-48-32(69)22-81-52(44(48)78)88-47-26(3)83-55(45(79)49(47)86-28(5)67)90-50-43(77)46(85-27(4)66)25(2)84-56(50)92-57(80)63-17-16-58(6,7)18-30(63)29-12-13-35-59(8)19-31(68)51(91-54-42(76)40(74)38(72)33(21-64)87-54)60(9,23-65)34(59)14-15-61(35,10)62(29,11)20-36(63)70/h12,24-26,30-56,64-65,68-79H,13-23H2,1-11H3/t24-,25+,26-,30-,31-,32+,33+,34+,35+,36+,37-,38+,39+,40-,41+,42+,43-,44+,45+,46-,47-,48-,49-,50+,51-,52-,53-,54-,55-,56-,59-,60-,61+,62+,63+/m0/s1. The SMILES string of the molecule is CC(=O)O[C@@H]1[C@H](O)[C@@H](O[C@@H]2O[C@@H](C)[C@H](O[C@@H]3OC[C@@H](O)[C@H](O[C@@H]4O[C@@H](C)[C@H](O)[C@@H](O)[C@H]4O)[C@H]3O)[C@@H](OC(C)=O)[C@H]2O)[C@H](OC(=O)[C@]23CCC(C)(C)C[C@H]2C2=CC[C@@H]4[C@@]5(C)C[C@H](O)[C@H](O[C@@H]6O[C@H](CO)[C@@H](O)[C@H](O)[C@H]6O)[C@@](C)(CO)[C@@H]5CC[C@@]4(C)[C@]2(C)C[C@H]3O)O[C@@H]1C. The third-order valence-electron chi connectivity index (χ3n) is 23.7. The number of ether oxygens (including phenoxy) is 12. The highest BCUT2D eigenvalue weighted by Gasteiger charge is 2.73. The van der Waals surface area contributed by atoms with Gasteiger partial charge in [-0.3, -0.25) is 14.4 Å². The first-order valence-corrected chi connectivity index (χ1v) is 32.4. The van der Waals surface area contributed by atoms with Crippen LogP contribution in [0.25, 0.3) is 0 Å². The number of hydrogen-bond donors (Lipinski definition) is 14. The second kappa shape index (κ2) is 26.5. The molecule has 14 N–H and O–H groups in total. The molecule has 0 unspecified atom stereocenters. The number of rotatable bonds is 14. The van der Waals surface area contributed by atoms with E-state index in [2.05, 4.69) is 40.7 Å². The molecule has 9 fully saturated rings. The first kappa shape index (κ1) is 72.0. The average molecular weight is 1320 g/mol. The Balaban J connectivity index is 0.906. The summed E-state index contributed by atoms with van der Waals surface area (Å²) in [5.74, 6) is -3.72. The molecule has 5 heterocycles. The van der Waals surface area contributed by atoms with Crippen molar-refractivity contribution in [2.24, 2.45) is 50.2 Å². The Kier molecular flexibility index (Phi) is 20.7. The normalized spacial score (nSPS) is 53.4. The van der Waals surface area contributed by atoms with Gasteiger partial charge < -0.3 is 128 Å². The van der Waals surface area contributed by atoms with Crippen molar-refractivity contribution in [3.63, 3.8) is 0 Å². The molecule has 29 heteroatoms. The van der Waals surface area contributed by atoms with Crippen LogP contribution in [0.2, 0.25) is 0 Å². The number of hydrogen-bond acceptors (Lipinski definition) is 29. The fourth-order valence-corrected chi connectivity index (χ4v) is 18.5. The van der Waals surface area contributed by atoms with Crippen molar-refractivity contribution in [1.82, 2.24) is 0 Å². The lowest BCUT2D eigenvalue weighted by molar-refractivity contribution is -0.380. The average Bonchev–Trinajstić information content (AvgIpc) is 0.671. The van der Waals surface area contributed by atoms with Gasteiger partial charge in [0.15, 0.2) is 43.5 Å². The Bertz CT molecular complexity index is 2670. The summed E-state index contributed by atoms with van der Waals surface area (Å²) in [4.78, 5) is 41.2. The van der Waals surface area contributed by atoms with Crippen molar-refractivity contribution in [2.45, 2.75) is 293 Å². The highest BCUT2D eigenvalue weighted by atomic mass is 16.8. The van der Waals surface area contributed by atoms with Crippen molar-refractivity contribution < 1.29 is 143 Å². The van der Waals surface area contributed by atoms with Crippen LogP contribution in [-0.4, -0.2) is 275 Å². The van der Waals surface area contributed by atoms with Gasteiger partial charge in [-0.15, -0.1) is 0 Å². The summed E-state index contributed by atoms with van der Waals surface area (Å²) >= 11 is 0. The summed E-state index contributed by atoms with van der Waals surface area (Å²) < 4.78 is 71.7. The van der Waals surface area contributed by atoms with Crippen LogP contribution in [0, 0.1) is 50.2 Å². The van der Waals surface area contributed by atoms with E-state index in [1.165, 1.54) is 20.8 Å². The van der Waals surface area contributed by atoms with Gasteiger partial charge in [-0.05, 0) is 112 Å². The fourth-order valence-electron chi connectivity index (χ4n) is 18.5. The van der Waals surface area contributed by atoms with Crippen molar-refractivity contribution in [3.8, 4) is 0 Å². The van der Waals surface area contributed by atoms with Crippen LogP contribution in [-0.2, 0) is 71.2 Å². The molecule has 0 spiro atoms. The van der Waals surface area contributed by atoms with Gasteiger partial charge in [0, 0.05) is 19.3 Å². The van der Waals surface area contributed by atoms with Gasteiger partial charge in [0.25, 0.3) is 0 Å². The zero-order valence-electron chi connectivity index (χ0n) is 54.1.